The molecule has 98 valence electrons. The van der Waals surface area contributed by atoms with E-state index >= 15 is 0 Å². The van der Waals surface area contributed by atoms with Crippen LogP contribution in [0.2, 0.25) is 0 Å². The lowest BCUT2D eigenvalue weighted by Gasteiger charge is -1.95. The van der Waals surface area contributed by atoms with Gasteiger partial charge < -0.3 is 0 Å². The zero-order chi connectivity index (χ0) is 14.1. The number of nitro groups is 1. The lowest BCUT2D eigenvalue weighted by Crippen LogP contribution is -2.07. The summed E-state index contributed by atoms with van der Waals surface area (Å²) in [5.74, 6) is 0. The van der Waals surface area contributed by atoms with Gasteiger partial charge in [-0.05, 0) is 22.0 Å². The Hall–Kier alpha value is -1.76. The first-order valence-electron chi connectivity index (χ1n) is 5.23. The molecule has 0 saturated heterocycles. The number of rotatable bonds is 0. The van der Waals surface area contributed by atoms with Crippen molar-refractivity contribution in [3.05, 3.63) is 49.3 Å². The predicted molar refractivity (Wildman–Crippen MR) is 74.3 cm³/mol. The number of fused-ring (bicyclic) bond motifs is 1. The summed E-state index contributed by atoms with van der Waals surface area (Å²) in [6.07, 6.45) is 0. The molecule has 0 aliphatic heterocycles. The van der Waals surface area contributed by atoms with Crippen LogP contribution < -0.4 is 5.56 Å². The monoisotopic (exact) mass is 315 g/mol. The molecule has 6 nitrogen and oxygen atoms in total. The molecule has 2 rings (SSSR count). The second-order valence-corrected chi connectivity index (χ2v) is 3.58. The first-order valence-corrected chi connectivity index (χ1v) is 6.02. The summed E-state index contributed by atoms with van der Waals surface area (Å²) < 4.78 is 0.665. The molecule has 0 radical (unpaired) electrons. The van der Waals surface area contributed by atoms with E-state index in [2.05, 4.69) is 26.1 Å². The molecular weight excluding hydrogens is 302 g/mol. The molecule has 18 heavy (non-hydrogen) atoms. The number of hydrogen-bond acceptors (Lipinski definition) is 4. The van der Waals surface area contributed by atoms with Gasteiger partial charge in [0.05, 0.1) is 5.39 Å². The summed E-state index contributed by atoms with van der Waals surface area (Å²) >= 11 is 3.25. The van der Waals surface area contributed by atoms with E-state index in [4.69, 9.17) is 10.1 Å². The van der Waals surface area contributed by atoms with Gasteiger partial charge in [-0.25, -0.2) is 5.10 Å². The van der Waals surface area contributed by atoms with Gasteiger partial charge >= 0.3 is 0 Å². The van der Waals surface area contributed by atoms with Gasteiger partial charge in [0.2, 0.25) is 0 Å². The Morgan fingerprint density at radius 2 is 1.72 bits per heavy atom. The highest BCUT2D eigenvalue weighted by atomic mass is 79.9. The van der Waals surface area contributed by atoms with Crippen LogP contribution in [0.5, 0.6) is 0 Å². The minimum atomic E-state index is -0.500. The van der Waals surface area contributed by atoms with Gasteiger partial charge in [-0.2, -0.15) is 5.10 Å². The maximum Gasteiger partial charge on any atom is 0.272 e. The fourth-order valence-electron chi connectivity index (χ4n) is 1.08. The first-order chi connectivity index (χ1) is 8.52. The third-order valence-corrected chi connectivity index (χ3v) is 2.25. The van der Waals surface area contributed by atoms with Crippen LogP contribution in [-0.2, 0) is 0 Å². The minimum absolute atomic E-state index is 0.159. The third kappa shape index (κ3) is 5.05. The van der Waals surface area contributed by atoms with Crippen LogP contribution in [0.15, 0.2) is 33.7 Å². The number of aromatic nitrogens is 2. The van der Waals surface area contributed by atoms with Crippen LogP contribution in [0.3, 0.4) is 0 Å². The first kappa shape index (κ1) is 16.2. The molecule has 0 unspecified atom stereocenters. The van der Waals surface area contributed by atoms with E-state index in [1.807, 2.05) is 32.0 Å². The zero-order valence-corrected chi connectivity index (χ0v) is 11.9. The van der Waals surface area contributed by atoms with Gasteiger partial charge in [0, 0.05) is 10.3 Å². The van der Waals surface area contributed by atoms with Crippen molar-refractivity contribution in [2.24, 2.45) is 0 Å². The fraction of sp³-hybridized carbons (Fsp3) is 0.273. The molecule has 0 aliphatic rings. The Morgan fingerprint density at radius 1 is 1.28 bits per heavy atom. The van der Waals surface area contributed by atoms with E-state index in [0.29, 0.717) is 9.99 Å². The summed E-state index contributed by atoms with van der Waals surface area (Å²) in [6.45, 7) is 4.00. The number of benzene rings is 1. The highest BCUT2D eigenvalue weighted by molar-refractivity contribution is 9.10. The second kappa shape index (κ2) is 8.35. The smallest absolute Gasteiger partial charge is 0.267 e. The Labute approximate surface area is 112 Å². The minimum Gasteiger partial charge on any atom is -0.267 e. The number of nitrogens with one attached hydrogen (secondary N) is 1. The molecule has 0 spiro atoms. The van der Waals surface area contributed by atoms with Crippen molar-refractivity contribution in [3.8, 4) is 0 Å². The van der Waals surface area contributed by atoms with E-state index in [0.717, 1.165) is 12.4 Å². The molecule has 7 heteroatoms. The summed E-state index contributed by atoms with van der Waals surface area (Å²) in [6, 6.07) is 7.31. The molecule has 0 saturated carbocycles. The Kier molecular flexibility index (Phi) is 7.53. The van der Waals surface area contributed by atoms with Crippen LogP contribution in [0.1, 0.15) is 13.8 Å². The summed E-state index contributed by atoms with van der Waals surface area (Å²) in [5.41, 5.74) is -0.159. The molecule has 0 aliphatic carbocycles. The molecule has 0 amide bonds. The predicted octanol–water partition coefficient (Wildman–Crippen LogP) is 2.60. The molecule has 1 N–H and O–H groups in total. The normalized spacial score (nSPS) is 8.67. The average molecular weight is 316 g/mol. The number of nitrogens with zero attached hydrogens (tertiary/aromatic N) is 2. The molecule has 2 aromatic rings. The van der Waals surface area contributed by atoms with Crippen molar-refractivity contribution >= 4 is 26.7 Å². The molecular formula is C11H14BrN3O3. The second-order valence-electron chi connectivity index (χ2n) is 2.83. The van der Waals surface area contributed by atoms with Crippen molar-refractivity contribution < 1.29 is 4.92 Å². The average Bonchev–Trinajstić information content (AvgIpc) is 2.36. The van der Waals surface area contributed by atoms with Gasteiger partial charge in [-0.1, -0.05) is 32.0 Å². The standard InChI is InChI=1S/C8H5BrN2O.C2H6.CH3NO2/c9-7-5-3-1-2-4-6(5)8(12)11-10-7;1-2;1-2(3)4/h1-4H,(H,11,12);1-2H3;1H3. The quantitative estimate of drug-likeness (QED) is 0.597. The van der Waals surface area contributed by atoms with Gasteiger partial charge in [0.25, 0.3) is 5.56 Å². The zero-order valence-electron chi connectivity index (χ0n) is 10.3. The topological polar surface area (TPSA) is 88.9 Å². The van der Waals surface area contributed by atoms with Gasteiger partial charge in [0.15, 0.2) is 7.05 Å². The van der Waals surface area contributed by atoms with Crippen LogP contribution in [0.25, 0.3) is 10.8 Å². The highest BCUT2D eigenvalue weighted by Crippen LogP contribution is 2.16. The molecule has 0 bridgehead atoms. The molecule has 1 aromatic carbocycles. The van der Waals surface area contributed by atoms with Crippen molar-refractivity contribution in [2.45, 2.75) is 13.8 Å². The lowest BCUT2D eigenvalue weighted by atomic mass is 10.2. The Bertz CT molecular complexity index is 565. The number of halogens is 1. The largest absolute Gasteiger partial charge is 0.272 e. The molecule has 1 aromatic heterocycles. The van der Waals surface area contributed by atoms with Crippen LogP contribution in [0.4, 0.5) is 0 Å². The Morgan fingerprint density at radius 3 is 2.17 bits per heavy atom. The van der Waals surface area contributed by atoms with E-state index in [9.17, 15) is 4.79 Å². The van der Waals surface area contributed by atoms with Crippen LogP contribution in [0, 0.1) is 10.1 Å². The summed E-state index contributed by atoms with van der Waals surface area (Å²) in [5, 5.41) is 16.5. The summed E-state index contributed by atoms with van der Waals surface area (Å²) in [4.78, 5) is 19.5. The molecule has 0 fully saturated rings. The Balaban J connectivity index is 0.000000415. The van der Waals surface area contributed by atoms with Crippen LogP contribution in [-0.4, -0.2) is 22.2 Å². The van der Waals surface area contributed by atoms with Crippen molar-refractivity contribution in [2.75, 3.05) is 7.05 Å². The van der Waals surface area contributed by atoms with E-state index in [1.54, 1.807) is 6.07 Å². The number of aromatic amines is 1. The third-order valence-electron chi connectivity index (χ3n) is 1.65. The molecule has 0 atom stereocenters. The van der Waals surface area contributed by atoms with Gasteiger partial charge in [-0.15, -0.1) is 0 Å². The van der Waals surface area contributed by atoms with Gasteiger partial charge in [-0.3, -0.25) is 14.9 Å². The maximum atomic E-state index is 11.2. The van der Waals surface area contributed by atoms with Crippen molar-refractivity contribution in [3.63, 3.8) is 0 Å². The van der Waals surface area contributed by atoms with Crippen molar-refractivity contribution in [1.82, 2.24) is 10.2 Å². The summed E-state index contributed by atoms with van der Waals surface area (Å²) in [7, 11) is 0.889. The van der Waals surface area contributed by atoms with E-state index < -0.39 is 4.92 Å². The maximum absolute atomic E-state index is 11.2. The van der Waals surface area contributed by atoms with E-state index in [1.165, 1.54) is 0 Å². The van der Waals surface area contributed by atoms with Gasteiger partial charge in [0.1, 0.15) is 4.60 Å². The highest BCUT2D eigenvalue weighted by Gasteiger charge is 2.00. The lowest BCUT2D eigenvalue weighted by molar-refractivity contribution is -0.445. The SMILES string of the molecule is CC.C[N+](=O)[O-].O=c1[nH]nc(Br)c2ccccc12. The van der Waals surface area contributed by atoms with Crippen molar-refractivity contribution in [1.29, 1.82) is 0 Å². The number of hydrogen-bond donors (Lipinski definition) is 1. The molecule has 1 heterocycles. The fourth-order valence-corrected chi connectivity index (χ4v) is 1.52. The number of H-pyrrole nitrogens is 1. The van der Waals surface area contributed by atoms with E-state index in [-0.39, 0.29) is 5.56 Å². The van der Waals surface area contributed by atoms with Crippen LogP contribution >= 0.6 is 15.9 Å².